The molecule has 3 aromatic rings. The molecule has 0 bridgehead atoms. The van der Waals surface area contributed by atoms with Crippen molar-refractivity contribution in [2.75, 3.05) is 5.32 Å². The van der Waals surface area contributed by atoms with E-state index in [2.05, 4.69) is 20.3 Å². The van der Waals surface area contributed by atoms with Gasteiger partial charge >= 0.3 is 0 Å². The summed E-state index contributed by atoms with van der Waals surface area (Å²) in [7, 11) is 1.96. The van der Waals surface area contributed by atoms with E-state index >= 15 is 0 Å². The molecular formula is C16H17N5OS. The molecule has 1 N–H and O–H groups in total. The van der Waals surface area contributed by atoms with Crippen molar-refractivity contribution in [1.82, 2.24) is 19.5 Å². The summed E-state index contributed by atoms with van der Waals surface area (Å²) < 4.78 is 1.99. The van der Waals surface area contributed by atoms with Gasteiger partial charge in [-0.2, -0.15) is 0 Å². The van der Waals surface area contributed by atoms with Crippen LogP contribution >= 0.6 is 11.3 Å². The first kappa shape index (κ1) is 15.4. The second-order valence-electron chi connectivity index (χ2n) is 5.13. The molecule has 0 unspecified atom stereocenters. The highest BCUT2D eigenvalue weighted by Gasteiger charge is 2.15. The van der Waals surface area contributed by atoms with Gasteiger partial charge in [0.05, 0.1) is 22.6 Å². The molecule has 0 radical (unpaired) electrons. The molecule has 118 valence electrons. The Morgan fingerprint density at radius 3 is 2.91 bits per heavy atom. The summed E-state index contributed by atoms with van der Waals surface area (Å²) in [5, 5.41) is 5.33. The van der Waals surface area contributed by atoms with Gasteiger partial charge in [-0.1, -0.05) is 6.92 Å². The van der Waals surface area contributed by atoms with Crippen LogP contribution in [0.5, 0.6) is 0 Å². The lowest BCUT2D eigenvalue weighted by Gasteiger charge is -2.06. The Labute approximate surface area is 138 Å². The number of amides is 1. The molecule has 1 amide bonds. The molecule has 0 aliphatic rings. The van der Waals surface area contributed by atoms with Gasteiger partial charge in [0.2, 0.25) is 0 Å². The zero-order chi connectivity index (χ0) is 16.4. The molecule has 3 rings (SSSR count). The van der Waals surface area contributed by atoms with Crippen LogP contribution in [0.3, 0.4) is 0 Å². The van der Waals surface area contributed by atoms with Crippen molar-refractivity contribution in [1.29, 1.82) is 0 Å². The van der Waals surface area contributed by atoms with Crippen LogP contribution in [0.15, 0.2) is 29.9 Å². The lowest BCUT2D eigenvalue weighted by Crippen LogP contribution is -2.16. The Balaban J connectivity index is 1.82. The number of nitrogens with zero attached hydrogens (tertiary/aromatic N) is 4. The minimum Gasteiger partial charge on any atom is -0.349 e. The summed E-state index contributed by atoms with van der Waals surface area (Å²) in [5.41, 5.74) is 3.09. The number of hydrogen-bond donors (Lipinski definition) is 1. The number of thiazole rings is 1. The van der Waals surface area contributed by atoms with Gasteiger partial charge in [0.1, 0.15) is 5.82 Å². The van der Waals surface area contributed by atoms with Crippen LogP contribution in [0.4, 0.5) is 5.13 Å². The van der Waals surface area contributed by atoms with E-state index in [1.165, 1.54) is 11.3 Å². The van der Waals surface area contributed by atoms with Gasteiger partial charge < -0.3 is 4.57 Å². The van der Waals surface area contributed by atoms with Crippen molar-refractivity contribution in [2.24, 2.45) is 7.05 Å². The standard InChI is InChI=1S/C16H17N5OS/c1-4-12-11(8-17-10(2)18-12)15(22)20-16-19-13(9-23-16)14-6-5-7-21(14)3/h5-9H,4H2,1-3H3,(H,19,20,22). The molecule has 6 nitrogen and oxygen atoms in total. The van der Waals surface area contributed by atoms with E-state index in [0.717, 1.165) is 17.1 Å². The minimum absolute atomic E-state index is 0.227. The number of hydrogen-bond acceptors (Lipinski definition) is 5. The van der Waals surface area contributed by atoms with Crippen LogP contribution < -0.4 is 5.32 Å². The first-order valence-corrected chi connectivity index (χ1v) is 8.17. The third-order valence-electron chi connectivity index (χ3n) is 3.50. The van der Waals surface area contributed by atoms with Gasteiger partial charge in [-0.3, -0.25) is 10.1 Å². The molecular weight excluding hydrogens is 310 g/mol. The molecule has 0 saturated heterocycles. The fourth-order valence-electron chi connectivity index (χ4n) is 2.32. The van der Waals surface area contributed by atoms with Crippen molar-refractivity contribution >= 4 is 22.4 Å². The molecule has 0 aromatic carbocycles. The SMILES string of the molecule is CCc1nc(C)ncc1C(=O)Nc1nc(-c2cccn2C)cs1. The molecule has 3 aromatic heterocycles. The van der Waals surface area contributed by atoms with E-state index in [0.29, 0.717) is 22.9 Å². The van der Waals surface area contributed by atoms with Crippen LogP contribution in [0, 0.1) is 6.92 Å². The highest BCUT2D eigenvalue weighted by molar-refractivity contribution is 7.14. The van der Waals surface area contributed by atoms with Gasteiger partial charge in [0.25, 0.3) is 5.91 Å². The Morgan fingerprint density at radius 2 is 2.22 bits per heavy atom. The smallest absolute Gasteiger partial charge is 0.260 e. The monoisotopic (exact) mass is 327 g/mol. The average Bonchev–Trinajstić information content (AvgIpc) is 3.15. The Morgan fingerprint density at radius 1 is 1.39 bits per heavy atom. The normalized spacial score (nSPS) is 10.7. The number of nitrogens with one attached hydrogen (secondary N) is 1. The van der Waals surface area contributed by atoms with Crippen molar-refractivity contribution in [3.8, 4) is 11.4 Å². The summed E-state index contributed by atoms with van der Waals surface area (Å²) in [6, 6.07) is 3.95. The quantitative estimate of drug-likeness (QED) is 0.799. The van der Waals surface area contributed by atoms with Gasteiger partial charge in [-0.25, -0.2) is 15.0 Å². The molecule has 23 heavy (non-hydrogen) atoms. The molecule has 0 aliphatic heterocycles. The summed E-state index contributed by atoms with van der Waals surface area (Å²) in [4.78, 5) is 25.4. The van der Waals surface area contributed by atoms with E-state index in [4.69, 9.17) is 0 Å². The Kier molecular flexibility index (Phi) is 4.20. The summed E-state index contributed by atoms with van der Waals surface area (Å²) in [6.07, 6.45) is 4.21. The average molecular weight is 327 g/mol. The number of anilines is 1. The largest absolute Gasteiger partial charge is 0.349 e. The van der Waals surface area contributed by atoms with E-state index < -0.39 is 0 Å². The number of carbonyl (C=O) groups excluding carboxylic acids is 1. The fourth-order valence-corrected chi connectivity index (χ4v) is 3.02. The fraction of sp³-hybridized carbons (Fsp3) is 0.250. The third kappa shape index (κ3) is 3.14. The number of aromatic nitrogens is 4. The highest BCUT2D eigenvalue weighted by Crippen LogP contribution is 2.25. The third-order valence-corrected chi connectivity index (χ3v) is 4.26. The van der Waals surface area contributed by atoms with E-state index in [1.54, 1.807) is 6.20 Å². The molecule has 0 aliphatic carbocycles. The van der Waals surface area contributed by atoms with E-state index in [-0.39, 0.29) is 5.91 Å². The number of carbonyl (C=O) groups is 1. The van der Waals surface area contributed by atoms with Crippen molar-refractivity contribution in [2.45, 2.75) is 20.3 Å². The maximum absolute atomic E-state index is 12.4. The maximum atomic E-state index is 12.4. The highest BCUT2D eigenvalue weighted by atomic mass is 32.1. The first-order chi connectivity index (χ1) is 11.1. The number of rotatable bonds is 4. The predicted molar refractivity (Wildman–Crippen MR) is 90.6 cm³/mol. The zero-order valence-electron chi connectivity index (χ0n) is 13.2. The van der Waals surface area contributed by atoms with Crippen molar-refractivity contribution < 1.29 is 4.79 Å². The Bertz CT molecular complexity index is 852. The van der Waals surface area contributed by atoms with E-state index in [9.17, 15) is 4.79 Å². The van der Waals surface area contributed by atoms with Gasteiger partial charge in [-0.15, -0.1) is 11.3 Å². The van der Waals surface area contributed by atoms with Crippen LogP contribution in [0.2, 0.25) is 0 Å². The predicted octanol–water partition coefficient (Wildman–Crippen LogP) is 3.06. The molecule has 0 spiro atoms. The van der Waals surface area contributed by atoms with Crippen LogP contribution in [0.25, 0.3) is 11.4 Å². The Hall–Kier alpha value is -2.54. The van der Waals surface area contributed by atoms with Crippen LogP contribution in [-0.4, -0.2) is 25.4 Å². The van der Waals surface area contributed by atoms with Gasteiger partial charge in [0.15, 0.2) is 5.13 Å². The lowest BCUT2D eigenvalue weighted by molar-refractivity contribution is 0.102. The second kappa shape index (κ2) is 6.29. The van der Waals surface area contributed by atoms with Crippen molar-refractivity contribution in [3.63, 3.8) is 0 Å². The van der Waals surface area contributed by atoms with Gasteiger partial charge in [-0.05, 0) is 25.5 Å². The van der Waals surface area contributed by atoms with Crippen LogP contribution in [-0.2, 0) is 13.5 Å². The summed E-state index contributed by atoms with van der Waals surface area (Å²) >= 11 is 1.40. The molecule has 0 atom stereocenters. The zero-order valence-corrected chi connectivity index (χ0v) is 14.0. The topological polar surface area (TPSA) is 72.7 Å². The maximum Gasteiger partial charge on any atom is 0.260 e. The van der Waals surface area contributed by atoms with Crippen LogP contribution in [0.1, 0.15) is 28.8 Å². The first-order valence-electron chi connectivity index (χ1n) is 7.29. The molecule has 7 heteroatoms. The minimum atomic E-state index is -0.227. The van der Waals surface area contributed by atoms with E-state index in [1.807, 2.05) is 49.2 Å². The lowest BCUT2D eigenvalue weighted by atomic mass is 10.2. The van der Waals surface area contributed by atoms with Gasteiger partial charge in [0, 0.05) is 24.8 Å². The molecule has 0 fully saturated rings. The summed E-state index contributed by atoms with van der Waals surface area (Å²) in [5.74, 6) is 0.438. The number of aryl methyl sites for hydroxylation is 3. The summed E-state index contributed by atoms with van der Waals surface area (Å²) in [6.45, 7) is 3.78. The second-order valence-corrected chi connectivity index (χ2v) is 5.99. The van der Waals surface area contributed by atoms with Crippen molar-refractivity contribution in [3.05, 3.63) is 47.0 Å². The molecule has 3 heterocycles. The molecule has 0 saturated carbocycles.